The van der Waals surface area contributed by atoms with Gasteiger partial charge in [-0.2, -0.15) is 0 Å². The summed E-state index contributed by atoms with van der Waals surface area (Å²) in [5, 5.41) is 5.09. The minimum Gasteiger partial charge on any atom is -0.495 e. The average molecular weight is 233 g/mol. The molecular formula is C8H11NO3S2. The molecule has 1 rings (SSSR count). The number of primary sulfonamides is 1. The molecule has 0 saturated heterocycles. The number of nitrogens with two attached hydrogens (primary N) is 1. The normalized spacial score (nSPS) is 11.4. The lowest BCUT2D eigenvalue weighted by Crippen LogP contribution is -2.14. The molecule has 0 bridgehead atoms. The first-order valence-corrected chi connectivity index (χ1v) is 6.51. The number of rotatable bonds is 3. The average Bonchev–Trinajstić information content (AvgIpc) is 2.15. The van der Waals surface area contributed by atoms with Gasteiger partial charge in [-0.15, -0.1) is 11.8 Å². The van der Waals surface area contributed by atoms with E-state index in [0.29, 0.717) is 4.90 Å². The fourth-order valence-corrected chi connectivity index (χ4v) is 2.98. The highest BCUT2D eigenvalue weighted by molar-refractivity contribution is 7.99. The molecule has 2 N–H and O–H groups in total. The van der Waals surface area contributed by atoms with Crippen LogP contribution >= 0.6 is 11.8 Å². The second-order valence-corrected chi connectivity index (χ2v) is 4.88. The summed E-state index contributed by atoms with van der Waals surface area (Å²) in [6, 6.07) is 4.98. The van der Waals surface area contributed by atoms with E-state index in [-0.39, 0.29) is 10.6 Å². The van der Waals surface area contributed by atoms with E-state index in [1.165, 1.54) is 18.9 Å². The van der Waals surface area contributed by atoms with Crippen LogP contribution in [0.5, 0.6) is 5.75 Å². The SMILES string of the molecule is COc1cccc(SC)c1S(N)(=O)=O. The highest BCUT2D eigenvalue weighted by Gasteiger charge is 2.18. The maximum Gasteiger partial charge on any atom is 0.242 e. The Kier molecular flexibility index (Phi) is 3.41. The summed E-state index contributed by atoms with van der Waals surface area (Å²) in [6.45, 7) is 0. The van der Waals surface area contributed by atoms with Gasteiger partial charge in [-0.3, -0.25) is 0 Å². The predicted octanol–water partition coefficient (Wildman–Crippen LogP) is 1.06. The van der Waals surface area contributed by atoms with Crippen molar-refractivity contribution in [1.29, 1.82) is 0 Å². The summed E-state index contributed by atoms with van der Waals surface area (Å²) in [5.74, 6) is 0.277. The Labute approximate surface area is 87.5 Å². The molecule has 0 aromatic heterocycles. The van der Waals surface area contributed by atoms with E-state index in [1.54, 1.807) is 24.5 Å². The lowest BCUT2D eigenvalue weighted by atomic mass is 10.3. The molecule has 0 heterocycles. The number of methoxy groups -OCH3 is 1. The molecule has 6 heteroatoms. The quantitative estimate of drug-likeness (QED) is 0.793. The largest absolute Gasteiger partial charge is 0.495 e. The molecule has 78 valence electrons. The zero-order valence-electron chi connectivity index (χ0n) is 7.85. The number of benzene rings is 1. The van der Waals surface area contributed by atoms with Gasteiger partial charge in [0.05, 0.1) is 7.11 Å². The van der Waals surface area contributed by atoms with Gasteiger partial charge in [0, 0.05) is 4.90 Å². The van der Waals surface area contributed by atoms with Crippen molar-refractivity contribution in [1.82, 2.24) is 0 Å². The van der Waals surface area contributed by atoms with Gasteiger partial charge in [-0.1, -0.05) is 6.07 Å². The van der Waals surface area contributed by atoms with Crippen molar-refractivity contribution < 1.29 is 13.2 Å². The van der Waals surface area contributed by atoms with Crippen LogP contribution in [0, 0.1) is 0 Å². The molecule has 4 nitrogen and oxygen atoms in total. The van der Waals surface area contributed by atoms with Gasteiger partial charge < -0.3 is 4.74 Å². The van der Waals surface area contributed by atoms with E-state index in [0.717, 1.165) is 0 Å². The van der Waals surface area contributed by atoms with Crippen molar-refractivity contribution in [3.05, 3.63) is 18.2 Å². The van der Waals surface area contributed by atoms with Crippen LogP contribution in [-0.2, 0) is 10.0 Å². The first-order valence-electron chi connectivity index (χ1n) is 3.74. The predicted molar refractivity (Wildman–Crippen MR) is 56.1 cm³/mol. The van der Waals surface area contributed by atoms with Gasteiger partial charge in [0.15, 0.2) is 0 Å². The summed E-state index contributed by atoms with van der Waals surface area (Å²) < 4.78 is 27.5. The van der Waals surface area contributed by atoms with Crippen LogP contribution in [0.25, 0.3) is 0 Å². The Bertz CT molecular complexity index is 406. The van der Waals surface area contributed by atoms with Crippen LogP contribution in [0.1, 0.15) is 0 Å². The Morgan fingerprint density at radius 2 is 2.07 bits per heavy atom. The molecule has 14 heavy (non-hydrogen) atoms. The van der Waals surface area contributed by atoms with Crippen LogP contribution in [0.15, 0.2) is 28.0 Å². The number of thioether (sulfide) groups is 1. The highest BCUT2D eigenvalue weighted by Crippen LogP contribution is 2.31. The van der Waals surface area contributed by atoms with E-state index in [9.17, 15) is 8.42 Å². The molecule has 0 amide bonds. The van der Waals surface area contributed by atoms with Gasteiger partial charge in [-0.25, -0.2) is 13.6 Å². The molecule has 1 aromatic rings. The molecule has 0 fully saturated rings. The summed E-state index contributed by atoms with van der Waals surface area (Å²) >= 11 is 1.31. The molecule has 0 unspecified atom stereocenters. The van der Waals surface area contributed by atoms with Gasteiger partial charge in [0.1, 0.15) is 10.6 Å². The van der Waals surface area contributed by atoms with Crippen LogP contribution in [0.4, 0.5) is 0 Å². The van der Waals surface area contributed by atoms with Gasteiger partial charge in [0.2, 0.25) is 10.0 Å². The first kappa shape index (κ1) is 11.4. The van der Waals surface area contributed by atoms with Crippen molar-refractivity contribution in [2.45, 2.75) is 9.79 Å². The number of ether oxygens (including phenoxy) is 1. The van der Waals surface area contributed by atoms with Crippen LogP contribution in [-0.4, -0.2) is 21.8 Å². The summed E-state index contributed by atoms with van der Waals surface area (Å²) in [5.41, 5.74) is 0. The molecule has 0 radical (unpaired) electrons. The Morgan fingerprint density at radius 3 is 2.50 bits per heavy atom. The van der Waals surface area contributed by atoms with E-state index in [1.807, 2.05) is 0 Å². The molecule has 0 saturated carbocycles. The van der Waals surface area contributed by atoms with Crippen molar-refractivity contribution in [3.8, 4) is 5.75 Å². The van der Waals surface area contributed by atoms with Crippen molar-refractivity contribution in [2.24, 2.45) is 5.14 Å². The zero-order valence-corrected chi connectivity index (χ0v) is 9.48. The molecule has 0 aliphatic rings. The maximum absolute atomic E-state index is 11.3. The molecule has 0 spiro atoms. The summed E-state index contributed by atoms with van der Waals surface area (Å²) in [7, 11) is -2.32. The molecule has 0 aliphatic carbocycles. The minimum absolute atomic E-state index is 0.0509. The number of hydrogen-bond donors (Lipinski definition) is 1. The smallest absolute Gasteiger partial charge is 0.242 e. The third-order valence-corrected chi connectivity index (χ3v) is 3.57. The topological polar surface area (TPSA) is 69.4 Å². The summed E-state index contributed by atoms with van der Waals surface area (Å²) in [6.07, 6.45) is 1.78. The van der Waals surface area contributed by atoms with Crippen molar-refractivity contribution in [3.63, 3.8) is 0 Å². The first-order chi connectivity index (χ1) is 6.50. The van der Waals surface area contributed by atoms with E-state index in [4.69, 9.17) is 9.88 Å². The lowest BCUT2D eigenvalue weighted by molar-refractivity contribution is 0.400. The van der Waals surface area contributed by atoms with E-state index >= 15 is 0 Å². The van der Waals surface area contributed by atoms with Gasteiger partial charge in [0.25, 0.3) is 0 Å². The second kappa shape index (κ2) is 4.20. The standard InChI is InChI=1S/C8H11NO3S2/c1-12-6-4-3-5-7(13-2)8(6)14(9,10)11/h3-5H,1-2H3,(H2,9,10,11). The fraction of sp³-hybridized carbons (Fsp3) is 0.250. The van der Waals surface area contributed by atoms with Crippen LogP contribution < -0.4 is 9.88 Å². The fourth-order valence-electron chi connectivity index (χ4n) is 1.10. The Balaban J connectivity index is 3.50. The maximum atomic E-state index is 11.3. The summed E-state index contributed by atoms with van der Waals surface area (Å²) in [4.78, 5) is 0.641. The highest BCUT2D eigenvalue weighted by atomic mass is 32.2. The van der Waals surface area contributed by atoms with Gasteiger partial charge >= 0.3 is 0 Å². The number of sulfonamides is 1. The monoisotopic (exact) mass is 233 g/mol. The third-order valence-electron chi connectivity index (χ3n) is 1.67. The van der Waals surface area contributed by atoms with E-state index in [2.05, 4.69) is 0 Å². The Morgan fingerprint density at radius 1 is 1.43 bits per heavy atom. The van der Waals surface area contributed by atoms with Crippen LogP contribution in [0.3, 0.4) is 0 Å². The second-order valence-electron chi connectivity index (χ2n) is 2.54. The molecule has 0 atom stereocenters. The van der Waals surface area contributed by atoms with Crippen LogP contribution in [0.2, 0.25) is 0 Å². The zero-order chi connectivity index (χ0) is 10.8. The lowest BCUT2D eigenvalue weighted by Gasteiger charge is -2.09. The number of hydrogen-bond acceptors (Lipinski definition) is 4. The molecule has 0 aliphatic heterocycles. The Hall–Kier alpha value is -0.720. The van der Waals surface area contributed by atoms with Crippen molar-refractivity contribution >= 4 is 21.8 Å². The van der Waals surface area contributed by atoms with Gasteiger partial charge in [-0.05, 0) is 18.4 Å². The van der Waals surface area contributed by atoms with Crippen molar-refractivity contribution in [2.75, 3.05) is 13.4 Å². The minimum atomic E-state index is -3.73. The molecule has 1 aromatic carbocycles. The molecular weight excluding hydrogens is 222 g/mol. The third kappa shape index (κ3) is 2.20. The van der Waals surface area contributed by atoms with E-state index < -0.39 is 10.0 Å².